The smallest absolute Gasteiger partial charge is 0.279 e. The lowest BCUT2D eigenvalue weighted by atomic mass is 10.6. The van der Waals surface area contributed by atoms with Gasteiger partial charge in [0, 0.05) is 0 Å². The first-order valence-electron chi connectivity index (χ1n) is 1.26. The van der Waals surface area contributed by atoms with Crippen molar-refractivity contribution in [2.45, 2.75) is 5.91 Å². The fourth-order valence-corrected chi connectivity index (χ4v) is 0. The summed E-state index contributed by atoms with van der Waals surface area (Å²) in [6.07, 6.45) is -0.174. The summed E-state index contributed by atoms with van der Waals surface area (Å²) in [7, 11) is 0. The van der Waals surface area contributed by atoms with E-state index < -0.39 is 5.91 Å². The molecule has 4 N–H and O–H groups in total. The fraction of sp³-hybridized carbons (Fsp3) is 0.500. The molecule has 0 amide bonds. The minimum Gasteiger partial charge on any atom is -0.348 e. The third kappa shape index (κ3) is 3.55. The van der Waals surface area contributed by atoms with E-state index in [1.54, 1.807) is 0 Å². The number of hydrogen-bond donors (Lipinski definition) is 3. The highest BCUT2D eigenvalue weighted by Gasteiger charge is 2.11. The maximum Gasteiger partial charge on any atom is 0.279 e. The van der Waals surface area contributed by atoms with E-state index in [1.165, 1.54) is 0 Å². The molecule has 0 heterocycles. The molecule has 36 valence electrons. The number of rotatable bonds is 1. The number of carbonyl (C=O) groups excluding carboxylic acids is 1. The molecule has 0 radical (unpaired) electrons. The molecule has 0 rings (SSSR count). The van der Waals surface area contributed by atoms with Crippen molar-refractivity contribution >= 4 is 6.29 Å². The van der Waals surface area contributed by atoms with Crippen molar-refractivity contribution in [3.63, 3.8) is 0 Å². The molecule has 0 saturated heterocycles. The van der Waals surface area contributed by atoms with Gasteiger partial charge in [-0.2, -0.15) is 0 Å². The Labute approximate surface area is 34.2 Å². The average molecular weight is 91.1 g/mol. The summed E-state index contributed by atoms with van der Waals surface area (Å²) in [6, 6.07) is 0. The van der Waals surface area contributed by atoms with E-state index >= 15 is 0 Å². The zero-order valence-electron chi connectivity index (χ0n) is 2.96. The molecule has 6 heavy (non-hydrogen) atoms. The topological polar surface area (TPSA) is 83.6 Å². The van der Waals surface area contributed by atoms with E-state index in [2.05, 4.69) is 5.73 Å². The van der Waals surface area contributed by atoms with Gasteiger partial charge in [0.05, 0.1) is 0 Å². The highest BCUT2D eigenvalue weighted by Crippen LogP contribution is 1.73. The molecule has 0 aliphatic carbocycles. The zero-order chi connectivity index (χ0) is 5.21. The van der Waals surface area contributed by atoms with Gasteiger partial charge in [-0.1, -0.05) is 0 Å². The molecular weight excluding hydrogens is 86.0 g/mol. The van der Waals surface area contributed by atoms with Crippen molar-refractivity contribution in [2.75, 3.05) is 0 Å². The van der Waals surface area contributed by atoms with E-state index in [0.29, 0.717) is 0 Å². The Hall–Kier alpha value is -0.450. The van der Waals surface area contributed by atoms with E-state index in [4.69, 9.17) is 10.2 Å². The van der Waals surface area contributed by atoms with Gasteiger partial charge in [0.2, 0.25) is 0 Å². The largest absolute Gasteiger partial charge is 0.348 e. The van der Waals surface area contributed by atoms with Crippen LogP contribution < -0.4 is 5.73 Å². The Balaban J connectivity index is 3.45. The Morgan fingerprint density at radius 3 is 1.83 bits per heavy atom. The molecule has 0 atom stereocenters. The Kier molecular flexibility index (Phi) is 1.24. The minimum atomic E-state index is -2.64. The van der Waals surface area contributed by atoms with Crippen LogP contribution in [0, 0.1) is 0 Å². The van der Waals surface area contributed by atoms with Gasteiger partial charge in [-0.15, -0.1) is 0 Å². The Bertz CT molecular complexity index is 54.3. The molecule has 0 aliphatic rings. The third-order valence-electron chi connectivity index (χ3n) is 0.173. The lowest BCUT2D eigenvalue weighted by molar-refractivity contribution is -0.166. The van der Waals surface area contributed by atoms with Gasteiger partial charge in [0.15, 0.2) is 6.29 Å². The summed E-state index contributed by atoms with van der Waals surface area (Å²) >= 11 is 0. The Morgan fingerprint density at radius 2 is 1.83 bits per heavy atom. The van der Waals surface area contributed by atoms with Crippen molar-refractivity contribution in [1.29, 1.82) is 0 Å². The summed E-state index contributed by atoms with van der Waals surface area (Å²) in [5, 5.41) is 15.6. The highest BCUT2D eigenvalue weighted by molar-refractivity contribution is 5.57. The van der Waals surface area contributed by atoms with E-state index in [1.807, 2.05) is 0 Å². The van der Waals surface area contributed by atoms with Crippen LogP contribution in [-0.4, -0.2) is 22.4 Å². The van der Waals surface area contributed by atoms with E-state index in [9.17, 15) is 4.79 Å². The molecule has 0 aromatic rings. The fourth-order valence-electron chi connectivity index (χ4n) is 0. The average Bonchev–Trinajstić information content (AvgIpc) is 1.35. The van der Waals surface area contributed by atoms with Crippen LogP contribution in [0.3, 0.4) is 0 Å². The standard InChI is InChI=1S/C2H5NO3/c3-2(5,6)1-4/h1,5-6H,3H2. The van der Waals surface area contributed by atoms with E-state index in [0.717, 1.165) is 0 Å². The van der Waals surface area contributed by atoms with Crippen molar-refractivity contribution < 1.29 is 15.0 Å². The van der Waals surface area contributed by atoms with Gasteiger partial charge in [0.25, 0.3) is 5.91 Å². The van der Waals surface area contributed by atoms with Crippen LogP contribution in [0.4, 0.5) is 0 Å². The lowest BCUT2D eigenvalue weighted by Gasteiger charge is -2.01. The summed E-state index contributed by atoms with van der Waals surface area (Å²) in [5.41, 5.74) is 4.28. The van der Waals surface area contributed by atoms with Crippen molar-refractivity contribution in [1.82, 2.24) is 0 Å². The second-order valence-corrected chi connectivity index (χ2v) is 0.901. The summed E-state index contributed by atoms with van der Waals surface area (Å²) in [6.45, 7) is 0. The van der Waals surface area contributed by atoms with Crippen molar-refractivity contribution in [3.8, 4) is 0 Å². The number of aliphatic hydroxyl groups is 2. The summed E-state index contributed by atoms with van der Waals surface area (Å²) in [4.78, 5) is 9.20. The molecular formula is C2H5NO3. The molecule has 0 saturated carbocycles. The molecule has 0 aliphatic heterocycles. The van der Waals surface area contributed by atoms with Crippen LogP contribution in [0.25, 0.3) is 0 Å². The third-order valence-corrected chi connectivity index (χ3v) is 0.173. The van der Waals surface area contributed by atoms with Crippen LogP contribution in [0.15, 0.2) is 0 Å². The molecule has 4 heteroatoms. The van der Waals surface area contributed by atoms with Crippen LogP contribution in [0.1, 0.15) is 0 Å². The predicted octanol–water partition coefficient (Wildman–Crippen LogP) is -2.22. The normalized spacial score (nSPS) is 11.2. The van der Waals surface area contributed by atoms with Crippen LogP contribution >= 0.6 is 0 Å². The van der Waals surface area contributed by atoms with Gasteiger partial charge < -0.3 is 10.2 Å². The van der Waals surface area contributed by atoms with Crippen molar-refractivity contribution in [2.24, 2.45) is 5.73 Å². The highest BCUT2D eigenvalue weighted by atomic mass is 16.5. The van der Waals surface area contributed by atoms with Gasteiger partial charge >= 0.3 is 0 Å². The SMILES string of the molecule is NC(O)(O)C=O. The number of carbonyl (C=O) groups is 1. The molecule has 0 fully saturated rings. The summed E-state index contributed by atoms with van der Waals surface area (Å²) in [5.74, 6) is -2.64. The van der Waals surface area contributed by atoms with Gasteiger partial charge in [-0.05, 0) is 0 Å². The van der Waals surface area contributed by atoms with Crippen LogP contribution in [0.5, 0.6) is 0 Å². The van der Waals surface area contributed by atoms with Gasteiger partial charge in [-0.3, -0.25) is 10.5 Å². The first-order chi connectivity index (χ1) is 2.56. The first kappa shape index (κ1) is 5.55. The van der Waals surface area contributed by atoms with Gasteiger partial charge in [-0.25, -0.2) is 0 Å². The molecule has 0 bridgehead atoms. The second-order valence-electron chi connectivity index (χ2n) is 0.901. The quantitative estimate of drug-likeness (QED) is 0.252. The zero-order valence-corrected chi connectivity index (χ0v) is 2.96. The maximum absolute atomic E-state index is 9.20. The van der Waals surface area contributed by atoms with E-state index in [-0.39, 0.29) is 6.29 Å². The number of nitrogens with two attached hydrogens (primary N) is 1. The molecule has 0 spiro atoms. The maximum atomic E-state index is 9.20. The van der Waals surface area contributed by atoms with Crippen LogP contribution in [-0.2, 0) is 4.79 Å². The summed E-state index contributed by atoms with van der Waals surface area (Å²) < 4.78 is 0. The van der Waals surface area contributed by atoms with Crippen LogP contribution in [0.2, 0.25) is 0 Å². The predicted molar refractivity (Wildman–Crippen MR) is 17.4 cm³/mol. The molecule has 0 aromatic heterocycles. The Morgan fingerprint density at radius 1 is 1.67 bits per heavy atom. The number of hydrogen-bond acceptors (Lipinski definition) is 4. The van der Waals surface area contributed by atoms with Gasteiger partial charge in [0.1, 0.15) is 0 Å². The second kappa shape index (κ2) is 1.34. The minimum absolute atomic E-state index is 0.174. The monoisotopic (exact) mass is 91.0 g/mol. The molecule has 4 nitrogen and oxygen atoms in total. The molecule has 0 aromatic carbocycles. The molecule has 0 unspecified atom stereocenters. The van der Waals surface area contributed by atoms with Crippen molar-refractivity contribution in [3.05, 3.63) is 0 Å². The number of aldehydes is 1. The first-order valence-corrected chi connectivity index (χ1v) is 1.26. The lowest BCUT2D eigenvalue weighted by Crippen LogP contribution is -2.40.